The van der Waals surface area contributed by atoms with Crippen molar-refractivity contribution < 1.29 is 4.79 Å². The van der Waals surface area contributed by atoms with Crippen molar-refractivity contribution in [2.24, 2.45) is 0 Å². The lowest BCUT2D eigenvalue weighted by molar-refractivity contribution is 0.0954. The second-order valence-electron chi connectivity index (χ2n) is 5.91. The van der Waals surface area contributed by atoms with Gasteiger partial charge in [-0.25, -0.2) is 4.98 Å². The lowest BCUT2D eigenvalue weighted by atomic mass is 10.2. The topological polar surface area (TPSA) is 54.0 Å². The lowest BCUT2D eigenvalue weighted by Gasteiger charge is -2.04. The average Bonchev–Trinajstić information content (AvgIpc) is 3.01. The monoisotopic (exact) mass is 385 g/mol. The lowest BCUT2D eigenvalue weighted by Crippen LogP contribution is -2.22. The second kappa shape index (κ2) is 8.83. The summed E-state index contributed by atoms with van der Waals surface area (Å²) in [5.74, 6) is -0.115. The van der Waals surface area contributed by atoms with E-state index in [1.165, 1.54) is 16.9 Å². The van der Waals surface area contributed by atoms with Crippen LogP contribution >= 0.6 is 22.9 Å². The number of hydrogen-bond donors (Lipinski definition) is 2. The average molecular weight is 386 g/mol. The third-order valence-corrected chi connectivity index (χ3v) is 5.23. The molecule has 1 amide bonds. The van der Waals surface area contributed by atoms with E-state index in [9.17, 15) is 4.79 Å². The molecule has 0 aliphatic rings. The van der Waals surface area contributed by atoms with Crippen molar-refractivity contribution in [1.29, 1.82) is 0 Å². The minimum absolute atomic E-state index is 0.115. The molecule has 2 aromatic carbocycles. The van der Waals surface area contributed by atoms with Crippen LogP contribution in [0.2, 0.25) is 5.02 Å². The maximum Gasteiger partial charge on any atom is 0.263 e. The zero-order valence-corrected chi connectivity index (χ0v) is 16.0. The minimum Gasteiger partial charge on any atom is -0.361 e. The molecule has 0 saturated carbocycles. The van der Waals surface area contributed by atoms with Crippen LogP contribution in [0.3, 0.4) is 0 Å². The first kappa shape index (κ1) is 18.4. The van der Waals surface area contributed by atoms with Crippen LogP contribution in [0.1, 0.15) is 26.5 Å². The molecule has 6 heteroatoms. The number of carbonyl (C=O) groups excluding carboxylic acids is 1. The SMILES string of the molecule is Cc1nc(NCCc2ccccc2)sc1C(=O)NCc1cccc(Cl)c1. The van der Waals surface area contributed by atoms with E-state index in [-0.39, 0.29) is 5.91 Å². The Hall–Kier alpha value is -2.37. The number of halogens is 1. The predicted molar refractivity (Wildman–Crippen MR) is 108 cm³/mol. The Morgan fingerprint density at radius 1 is 1.12 bits per heavy atom. The molecule has 1 heterocycles. The summed E-state index contributed by atoms with van der Waals surface area (Å²) in [4.78, 5) is 17.5. The molecule has 4 nitrogen and oxygen atoms in total. The molecule has 0 aliphatic heterocycles. The molecular weight excluding hydrogens is 366 g/mol. The zero-order chi connectivity index (χ0) is 18.4. The van der Waals surface area contributed by atoms with Gasteiger partial charge in [0.2, 0.25) is 0 Å². The zero-order valence-electron chi connectivity index (χ0n) is 14.5. The van der Waals surface area contributed by atoms with Gasteiger partial charge in [0.05, 0.1) is 5.69 Å². The standard InChI is InChI=1S/C20H20ClN3OS/c1-14-18(19(25)23-13-16-8-5-9-17(21)12-16)26-20(24-14)22-11-10-15-6-3-2-4-7-15/h2-9,12H,10-11,13H2,1H3,(H,22,24)(H,23,25). The van der Waals surface area contributed by atoms with Gasteiger partial charge < -0.3 is 10.6 Å². The van der Waals surface area contributed by atoms with Crippen molar-refractivity contribution in [3.05, 3.63) is 81.3 Å². The van der Waals surface area contributed by atoms with E-state index in [4.69, 9.17) is 11.6 Å². The molecule has 0 atom stereocenters. The molecule has 134 valence electrons. The highest BCUT2D eigenvalue weighted by Gasteiger charge is 2.15. The Morgan fingerprint density at radius 2 is 1.88 bits per heavy atom. The fourth-order valence-corrected chi connectivity index (χ4v) is 3.67. The number of anilines is 1. The molecule has 0 saturated heterocycles. The maximum atomic E-state index is 12.4. The van der Waals surface area contributed by atoms with Gasteiger partial charge in [-0.2, -0.15) is 0 Å². The number of aromatic nitrogens is 1. The smallest absolute Gasteiger partial charge is 0.263 e. The first-order chi connectivity index (χ1) is 12.6. The summed E-state index contributed by atoms with van der Waals surface area (Å²) in [5, 5.41) is 7.66. The van der Waals surface area contributed by atoms with Crippen LogP contribution in [-0.4, -0.2) is 17.4 Å². The summed E-state index contributed by atoms with van der Waals surface area (Å²) < 4.78 is 0. The third kappa shape index (κ3) is 5.07. The van der Waals surface area contributed by atoms with Crippen molar-refractivity contribution >= 4 is 34.0 Å². The number of amides is 1. The molecule has 3 rings (SSSR count). The Balaban J connectivity index is 1.54. The highest BCUT2D eigenvalue weighted by Crippen LogP contribution is 2.22. The van der Waals surface area contributed by atoms with Crippen LogP contribution in [0, 0.1) is 6.92 Å². The van der Waals surface area contributed by atoms with Gasteiger partial charge in [-0.3, -0.25) is 4.79 Å². The molecule has 0 fully saturated rings. The van der Waals surface area contributed by atoms with Gasteiger partial charge in [0, 0.05) is 18.1 Å². The first-order valence-electron chi connectivity index (χ1n) is 8.39. The first-order valence-corrected chi connectivity index (χ1v) is 9.59. The Labute approximate surface area is 162 Å². The highest BCUT2D eigenvalue weighted by atomic mass is 35.5. The van der Waals surface area contributed by atoms with Gasteiger partial charge in [-0.15, -0.1) is 0 Å². The summed E-state index contributed by atoms with van der Waals surface area (Å²) in [6.45, 7) is 3.07. The maximum absolute atomic E-state index is 12.4. The van der Waals surface area contributed by atoms with Gasteiger partial charge in [0.25, 0.3) is 5.91 Å². The van der Waals surface area contributed by atoms with Gasteiger partial charge in [-0.1, -0.05) is 65.4 Å². The molecule has 2 N–H and O–H groups in total. The highest BCUT2D eigenvalue weighted by molar-refractivity contribution is 7.17. The molecule has 0 radical (unpaired) electrons. The van der Waals surface area contributed by atoms with Crippen LogP contribution < -0.4 is 10.6 Å². The number of thiazole rings is 1. The number of rotatable bonds is 7. The van der Waals surface area contributed by atoms with E-state index in [0.29, 0.717) is 16.4 Å². The molecule has 0 bridgehead atoms. The quantitative estimate of drug-likeness (QED) is 0.620. The van der Waals surface area contributed by atoms with Crippen LogP contribution in [0.25, 0.3) is 0 Å². The Bertz CT molecular complexity index is 880. The van der Waals surface area contributed by atoms with E-state index in [1.807, 2.05) is 49.4 Å². The molecule has 0 unspecified atom stereocenters. The summed E-state index contributed by atoms with van der Waals surface area (Å²) >= 11 is 7.35. The summed E-state index contributed by atoms with van der Waals surface area (Å²) in [6, 6.07) is 17.7. The van der Waals surface area contributed by atoms with Crippen LogP contribution in [0.5, 0.6) is 0 Å². The fraction of sp³-hybridized carbons (Fsp3) is 0.200. The number of nitrogens with one attached hydrogen (secondary N) is 2. The van der Waals surface area contributed by atoms with Crippen LogP contribution in [0.4, 0.5) is 5.13 Å². The number of carbonyl (C=O) groups is 1. The third-order valence-electron chi connectivity index (χ3n) is 3.88. The summed E-state index contributed by atoms with van der Waals surface area (Å²) in [7, 11) is 0. The van der Waals surface area contributed by atoms with E-state index in [0.717, 1.165) is 29.4 Å². The van der Waals surface area contributed by atoms with Crippen molar-refractivity contribution in [3.63, 3.8) is 0 Å². The fourth-order valence-electron chi connectivity index (χ4n) is 2.55. The number of hydrogen-bond acceptors (Lipinski definition) is 4. The minimum atomic E-state index is -0.115. The Morgan fingerprint density at radius 3 is 2.65 bits per heavy atom. The van der Waals surface area contributed by atoms with E-state index in [2.05, 4.69) is 27.8 Å². The molecule has 3 aromatic rings. The normalized spacial score (nSPS) is 10.5. The summed E-state index contributed by atoms with van der Waals surface area (Å²) in [6.07, 6.45) is 0.912. The van der Waals surface area contributed by atoms with Gasteiger partial charge in [-0.05, 0) is 36.6 Å². The van der Waals surface area contributed by atoms with Crippen molar-refractivity contribution in [3.8, 4) is 0 Å². The number of nitrogens with zero attached hydrogens (tertiary/aromatic N) is 1. The molecular formula is C20H20ClN3OS. The predicted octanol–water partition coefficient (Wildman–Crippen LogP) is 4.69. The van der Waals surface area contributed by atoms with E-state index >= 15 is 0 Å². The van der Waals surface area contributed by atoms with Crippen LogP contribution in [-0.2, 0) is 13.0 Å². The van der Waals surface area contributed by atoms with Crippen molar-refractivity contribution in [2.45, 2.75) is 19.9 Å². The molecule has 1 aromatic heterocycles. The largest absolute Gasteiger partial charge is 0.361 e. The number of benzene rings is 2. The summed E-state index contributed by atoms with van der Waals surface area (Å²) in [5.41, 5.74) is 2.97. The van der Waals surface area contributed by atoms with Crippen LogP contribution in [0.15, 0.2) is 54.6 Å². The van der Waals surface area contributed by atoms with E-state index < -0.39 is 0 Å². The molecule has 26 heavy (non-hydrogen) atoms. The molecule has 0 aliphatic carbocycles. The Kier molecular flexibility index (Phi) is 6.26. The number of aryl methyl sites for hydroxylation is 1. The van der Waals surface area contributed by atoms with E-state index in [1.54, 1.807) is 0 Å². The van der Waals surface area contributed by atoms with Gasteiger partial charge in [0.15, 0.2) is 5.13 Å². The second-order valence-corrected chi connectivity index (χ2v) is 7.34. The molecule has 0 spiro atoms. The van der Waals surface area contributed by atoms with Gasteiger partial charge >= 0.3 is 0 Å². The van der Waals surface area contributed by atoms with Crippen molar-refractivity contribution in [1.82, 2.24) is 10.3 Å². The van der Waals surface area contributed by atoms with Gasteiger partial charge in [0.1, 0.15) is 4.88 Å². The van der Waals surface area contributed by atoms with Crippen molar-refractivity contribution in [2.75, 3.05) is 11.9 Å².